The van der Waals surface area contributed by atoms with Crippen LogP contribution >= 0.6 is 0 Å². The van der Waals surface area contributed by atoms with Gasteiger partial charge < -0.3 is 53.6 Å². The topological polar surface area (TPSA) is 282 Å². The number of amides is 6. The first kappa shape index (κ1) is 47.9. The molecule has 0 aliphatic rings. The zero-order valence-corrected chi connectivity index (χ0v) is 31.9. The monoisotopic (exact) mass is 829 g/mol. The Morgan fingerprint density at radius 1 is 0.690 bits per heavy atom. The lowest BCUT2D eigenvalue weighted by atomic mass is 10.0. The van der Waals surface area contributed by atoms with Gasteiger partial charge in [0.25, 0.3) is 0 Å². The summed E-state index contributed by atoms with van der Waals surface area (Å²) in [5.74, 6) is -16.7. The maximum absolute atomic E-state index is 14.9. The van der Waals surface area contributed by atoms with Crippen molar-refractivity contribution >= 4 is 41.8 Å². The highest BCUT2D eigenvalue weighted by Crippen LogP contribution is 2.24. The van der Waals surface area contributed by atoms with Crippen molar-refractivity contribution in [3.05, 3.63) is 70.5 Å². The van der Waals surface area contributed by atoms with Crippen LogP contribution in [-0.2, 0) is 36.8 Å². The van der Waals surface area contributed by atoms with E-state index in [1.807, 2.05) is 0 Å². The molecule has 12 N–H and O–H groups in total. The van der Waals surface area contributed by atoms with E-state index in [0.717, 1.165) is 0 Å². The fraction of sp³-hybridized carbons (Fsp3) is 0.472. The van der Waals surface area contributed by atoms with Gasteiger partial charge in [-0.3, -0.25) is 24.2 Å². The Hall–Kier alpha value is -6.22. The Balaban J connectivity index is 2.52. The predicted octanol–water partition coefficient (Wildman–Crippen LogP) is 1.49. The molecule has 2 aromatic rings. The van der Waals surface area contributed by atoms with Gasteiger partial charge in [-0.25, -0.2) is 31.5 Å². The second-order valence-corrected chi connectivity index (χ2v) is 13.9. The number of nitrogens with two attached hydrogens (primary N) is 3. The quantitative estimate of drug-likeness (QED) is 0.0218. The Morgan fingerprint density at radius 3 is 1.72 bits per heavy atom. The number of halogens is 5. The maximum atomic E-state index is 14.9. The number of carboxylic acid groups (broad SMARTS) is 1. The summed E-state index contributed by atoms with van der Waals surface area (Å²) in [5, 5.41) is 20.1. The fourth-order valence-corrected chi connectivity index (χ4v) is 5.30. The summed E-state index contributed by atoms with van der Waals surface area (Å²) in [4.78, 5) is 80.9. The first-order valence-electron chi connectivity index (χ1n) is 17.9. The molecule has 320 valence electrons. The van der Waals surface area contributed by atoms with Gasteiger partial charge in [0.1, 0.15) is 29.8 Å². The Kier molecular flexibility index (Phi) is 18.6. The highest BCUT2D eigenvalue weighted by molar-refractivity contribution is 5.95. The molecule has 58 heavy (non-hydrogen) atoms. The summed E-state index contributed by atoms with van der Waals surface area (Å²) in [6.45, 7) is 4.63. The van der Waals surface area contributed by atoms with Crippen LogP contribution < -0.4 is 43.8 Å². The van der Waals surface area contributed by atoms with E-state index in [-0.39, 0.29) is 57.6 Å². The molecule has 0 aliphatic heterocycles. The van der Waals surface area contributed by atoms with Gasteiger partial charge in [0.05, 0.1) is 0 Å². The molecule has 0 fully saturated rings. The van der Waals surface area contributed by atoms with Crippen molar-refractivity contribution in [3.63, 3.8) is 0 Å². The smallest absolute Gasteiger partial charge is 0.408 e. The average molecular weight is 830 g/mol. The van der Waals surface area contributed by atoms with E-state index in [1.165, 1.54) is 0 Å². The number of benzene rings is 2. The standard InChI is InChI=1S/C36H48F5N9O8/c1-36(2,3)58-35(57)50-22(16-18-10-5-4-6-11-18)31(53)48-21(13-9-15-45-33(43)44)30(52)49-23(17-19-24(37)26(39)28(41)27(40)25(19)38)32(54)47-20(29(42)51)12-7-8-14-46-34(55)56/h4-6,10-11,20-23,46H,7-9,12-17H2,1-3H3,(H2,42,51)(H,47,54)(H,48,53)(H,49,52)(H,50,57)(H,55,56)(H4,43,44,45)/t20-,21+,22-,23-/m0/s1. The normalized spacial score (nSPS) is 13.2. The van der Waals surface area contributed by atoms with Crippen LogP contribution in [0.15, 0.2) is 35.3 Å². The first-order chi connectivity index (χ1) is 27.1. The van der Waals surface area contributed by atoms with Crippen LogP contribution in [-0.4, -0.2) is 89.7 Å². The second-order valence-electron chi connectivity index (χ2n) is 13.9. The van der Waals surface area contributed by atoms with E-state index in [0.29, 0.717) is 5.56 Å². The average Bonchev–Trinajstić information content (AvgIpc) is 3.13. The Morgan fingerprint density at radius 2 is 1.19 bits per heavy atom. The van der Waals surface area contributed by atoms with Crippen molar-refractivity contribution in [2.75, 3.05) is 13.1 Å². The van der Waals surface area contributed by atoms with Crippen LogP contribution in [0.1, 0.15) is 64.0 Å². The number of primary amides is 1. The van der Waals surface area contributed by atoms with E-state index in [4.69, 9.17) is 27.0 Å². The Bertz CT molecular complexity index is 1780. The summed E-state index contributed by atoms with van der Waals surface area (Å²) in [6.07, 6.45) is -3.97. The van der Waals surface area contributed by atoms with Crippen molar-refractivity contribution in [2.45, 2.75) is 95.5 Å². The molecule has 0 aliphatic carbocycles. The van der Waals surface area contributed by atoms with Crippen LogP contribution in [0.2, 0.25) is 0 Å². The lowest BCUT2D eigenvalue weighted by Crippen LogP contribution is -2.59. The molecule has 2 aromatic carbocycles. The summed E-state index contributed by atoms with van der Waals surface area (Å²) in [7, 11) is 0. The van der Waals surface area contributed by atoms with Crippen molar-refractivity contribution in [2.24, 2.45) is 22.2 Å². The lowest BCUT2D eigenvalue weighted by molar-refractivity contribution is -0.133. The number of carbonyl (C=O) groups is 6. The van der Waals surface area contributed by atoms with Crippen molar-refractivity contribution in [1.82, 2.24) is 26.6 Å². The number of rotatable bonds is 21. The number of guanidine groups is 1. The number of nitrogens with zero attached hydrogens (tertiary/aromatic N) is 1. The van der Waals surface area contributed by atoms with E-state index in [1.54, 1.807) is 51.1 Å². The molecule has 0 saturated carbocycles. The zero-order chi connectivity index (χ0) is 43.7. The SMILES string of the molecule is CC(C)(C)OC(=O)N[C@@H](Cc1ccccc1)C(=O)N[C@H](CCCN=C(N)N)C(=O)N[C@@H](Cc1c(F)c(F)c(F)c(F)c1F)C(=O)N[C@@H](CCCCNC(=O)O)C(N)=O. The number of ether oxygens (including phenoxy) is 1. The van der Waals surface area contributed by atoms with E-state index in [9.17, 15) is 50.7 Å². The molecule has 0 saturated heterocycles. The summed E-state index contributed by atoms with van der Waals surface area (Å²) >= 11 is 0. The number of aliphatic imine (C=N–C) groups is 1. The molecule has 0 bridgehead atoms. The van der Waals surface area contributed by atoms with Crippen molar-refractivity contribution in [1.29, 1.82) is 0 Å². The molecule has 6 amide bonds. The maximum Gasteiger partial charge on any atom is 0.408 e. The fourth-order valence-electron chi connectivity index (χ4n) is 5.30. The highest BCUT2D eigenvalue weighted by atomic mass is 19.2. The number of unbranched alkanes of at least 4 members (excludes halogenated alkanes) is 1. The molecule has 22 heteroatoms. The van der Waals surface area contributed by atoms with Gasteiger partial charge >= 0.3 is 12.2 Å². The third kappa shape index (κ3) is 16.1. The molecule has 0 aromatic heterocycles. The largest absolute Gasteiger partial charge is 0.465 e. The Labute approximate surface area is 330 Å². The molecule has 17 nitrogen and oxygen atoms in total. The van der Waals surface area contributed by atoms with Gasteiger partial charge in [-0.05, 0) is 58.4 Å². The van der Waals surface area contributed by atoms with Crippen molar-refractivity contribution in [3.8, 4) is 0 Å². The number of nitrogens with one attached hydrogen (secondary N) is 5. The minimum Gasteiger partial charge on any atom is -0.465 e. The summed E-state index contributed by atoms with van der Waals surface area (Å²) < 4.78 is 77.5. The summed E-state index contributed by atoms with van der Waals surface area (Å²) in [5.41, 5.74) is 14.3. The van der Waals surface area contributed by atoms with E-state index in [2.05, 4.69) is 31.6 Å². The number of alkyl carbamates (subject to hydrolysis) is 1. The molecule has 0 radical (unpaired) electrons. The highest BCUT2D eigenvalue weighted by Gasteiger charge is 2.35. The molecule has 0 spiro atoms. The van der Waals surface area contributed by atoms with Crippen LogP contribution in [0.3, 0.4) is 0 Å². The van der Waals surface area contributed by atoms with Crippen molar-refractivity contribution < 1.29 is 60.6 Å². The zero-order valence-electron chi connectivity index (χ0n) is 31.9. The third-order valence-corrected chi connectivity index (χ3v) is 8.07. The van der Waals surface area contributed by atoms with Crippen LogP contribution in [0, 0.1) is 29.1 Å². The van der Waals surface area contributed by atoms with Gasteiger partial charge in [-0.15, -0.1) is 0 Å². The minimum atomic E-state index is -2.48. The summed E-state index contributed by atoms with van der Waals surface area (Å²) in [6, 6.07) is 1.69. The number of hydrogen-bond acceptors (Lipinski definition) is 8. The predicted molar refractivity (Wildman–Crippen MR) is 198 cm³/mol. The first-order valence-corrected chi connectivity index (χ1v) is 17.9. The molecular weight excluding hydrogens is 781 g/mol. The molecule has 4 atom stereocenters. The van der Waals surface area contributed by atoms with E-state index < -0.39 is 107 Å². The molecule has 0 heterocycles. The molecular formula is C36H48F5N9O8. The second kappa shape index (κ2) is 22.5. The van der Waals surface area contributed by atoms with Crippen LogP contribution in [0.4, 0.5) is 31.5 Å². The number of carbonyl (C=O) groups excluding carboxylic acids is 5. The van der Waals surface area contributed by atoms with Gasteiger partial charge in [0.15, 0.2) is 29.2 Å². The minimum absolute atomic E-state index is 0.00585. The molecule has 2 rings (SSSR count). The number of hydrogen-bond donors (Lipinski definition) is 9. The molecule has 0 unspecified atom stereocenters. The third-order valence-electron chi connectivity index (χ3n) is 8.07. The van der Waals surface area contributed by atoms with Crippen LogP contribution in [0.5, 0.6) is 0 Å². The van der Waals surface area contributed by atoms with Gasteiger partial charge in [-0.1, -0.05) is 30.3 Å². The van der Waals surface area contributed by atoms with Crippen LogP contribution in [0.25, 0.3) is 0 Å². The van der Waals surface area contributed by atoms with Gasteiger partial charge in [-0.2, -0.15) is 0 Å². The van der Waals surface area contributed by atoms with E-state index >= 15 is 0 Å². The van der Waals surface area contributed by atoms with Gasteiger partial charge in [0.2, 0.25) is 29.4 Å². The van der Waals surface area contributed by atoms with Gasteiger partial charge in [0, 0.05) is 31.5 Å². The lowest BCUT2D eigenvalue weighted by Gasteiger charge is -2.27.